The van der Waals surface area contributed by atoms with Gasteiger partial charge in [-0.25, -0.2) is 0 Å². The van der Waals surface area contributed by atoms with Crippen LogP contribution in [0.15, 0.2) is 64.6 Å². The number of carbonyl (C=O) groups excluding carboxylic acids is 2. The van der Waals surface area contributed by atoms with Gasteiger partial charge >= 0.3 is 0 Å². The molecule has 2 amide bonds. The van der Waals surface area contributed by atoms with Crippen molar-refractivity contribution in [3.05, 3.63) is 76.3 Å². The van der Waals surface area contributed by atoms with Crippen LogP contribution in [0.5, 0.6) is 0 Å². The molecular formula is C18H17N3O3S. The van der Waals surface area contributed by atoms with Gasteiger partial charge in [-0.05, 0) is 17.0 Å². The summed E-state index contributed by atoms with van der Waals surface area (Å²) in [5.41, 5.74) is 0.932. The van der Waals surface area contributed by atoms with Crippen molar-refractivity contribution in [3.63, 3.8) is 0 Å². The van der Waals surface area contributed by atoms with E-state index in [-0.39, 0.29) is 24.1 Å². The maximum atomic E-state index is 12.6. The Hall–Kier alpha value is -2.93. The van der Waals surface area contributed by atoms with Crippen LogP contribution in [-0.2, 0) is 17.9 Å². The fraction of sp³-hybridized carbons (Fsp3) is 0.167. The van der Waals surface area contributed by atoms with Crippen molar-refractivity contribution in [2.24, 2.45) is 0 Å². The Morgan fingerprint density at radius 2 is 1.96 bits per heavy atom. The second-order valence-electron chi connectivity index (χ2n) is 5.38. The van der Waals surface area contributed by atoms with E-state index in [2.05, 4.69) is 10.5 Å². The van der Waals surface area contributed by atoms with Crippen molar-refractivity contribution in [2.75, 3.05) is 6.54 Å². The summed E-state index contributed by atoms with van der Waals surface area (Å²) < 4.78 is 4.94. The SMILES string of the molecule is O=C(CN(Cc1ccccc1)C(=O)c1ccno1)NCc1cccs1. The first-order valence-corrected chi connectivity index (χ1v) is 8.63. The maximum absolute atomic E-state index is 12.6. The summed E-state index contributed by atoms with van der Waals surface area (Å²) in [7, 11) is 0. The molecule has 0 atom stereocenters. The van der Waals surface area contributed by atoms with Crippen LogP contribution in [0.2, 0.25) is 0 Å². The number of hydrogen-bond acceptors (Lipinski definition) is 5. The highest BCUT2D eigenvalue weighted by Crippen LogP contribution is 2.10. The molecule has 2 aromatic heterocycles. The topological polar surface area (TPSA) is 75.4 Å². The smallest absolute Gasteiger partial charge is 0.293 e. The van der Waals surface area contributed by atoms with Gasteiger partial charge in [0.1, 0.15) is 6.54 Å². The second kappa shape index (κ2) is 8.25. The third-order valence-corrected chi connectivity index (χ3v) is 4.40. The summed E-state index contributed by atoms with van der Waals surface area (Å²) >= 11 is 1.57. The van der Waals surface area contributed by atoms with Crippen LogP contribution in [0.4, 0.5) is 0 Å². The molecule has 7 heteroatoms. The molecule has 0 aliphatic carbocycles. The zero-order valence-electron chi connectivity index (χ0n) is 13.4. The number of benzene rings is 1. The highest BCUT2D eigenvalue weighted by atomic mass is 32.1. The number of aromatic nitrogens is 1. The zero-order valence-corrected chi connectivity index (χ0v) is 14.2. The lowest BCUT2D eigenvalue weighted by Crippen LogP contribution is -2.40. The molecule has 1 N–H and O–H groups in total. The Morgan fingerprint density at radius 3 is 2.64 bits per heavy atom. The highest BCUT2D eigenvalue weighted by molar-refractivity contribution is 7.09. The molecular weight excluding hydrogens is 338 g/mol. The van der Waals surface area contributed by atoms with Gasteiger partial charge in [0.2, 0.25) is 11.7 Å². The van der Waals surface area contributed by atoms with Crippen molar-refractivity contribution >= 4 is 23.2 Å². The number of hydrogen-bond donors (Lipinski definition) is 1. The average molecular weight is 355 g/mol. The Kier molecular flexibility index (Phi) is 5.58. The minimum Gasteiger partial charge on any atom is -0.351 e. The molecule has 0 fully saturated rings. The number of nitrogens with zero attached hydrogens (tertiary/aromatic N) is 2. The molecule has 128 valence electrons. The van der Waals surface area contributed by atoms with Crippen molar-refractivity contribution in [1.82, 2.24) is 15.4 Å². The summed E-state index contributed by atoms with van der Waals surface area (Å²) in [5, 5.41) is 8.35. The van der Waals surface area contributed by atoms with Crippen molar-refractivity contribution in [1.29, 1.82) is 0 Å². The minimum atomic E-state index is -0.368. The Bertz CT molecular complexity index is 801. The number of thiophene rings is 1. The number of rotatable bonds is 7. The van der Waals surface area contributed by atoms with Gasteiger partial charge < -0.3 is 14.7 Å². The van der Waals surface area contributed by atoms with Gasteiger partial charge in [-0.15, -0.1) is 11.3 Å². The maximum Gasteiger partial charge on any atom is 0.293 e. The largest absolute Gasteiger partial charge is 0.351 e. The standard InChI is InChI=1S/C18H17N3O3S/c22-17(19-11-15-7-4-10-25-15)13-21(12-14-5-2-1-3-6-14)18(23)16-8-9-20-24-16/h1-10H,11-13H2,(H,19,22). The van der Waals surface area contributed by atoms with Crippen LogP contribution in [0.3, 0.4) is 0 Å². The predicted molar refractivity (Wildman–Crippen MR) is 93.9 cm³/mol. The first-order valence-electron chi connectivity index (χ1n) is 7.75. The summed E-state index contributed by atoms with van der Waals surface area (Å²) in [4.78, 5) is 27.4. The number of nitrogens with one attached hydrogen (secondary N) is 1. The van der Waals surface area contributed by atoms with Crippen LogP contribution >= 0.6 is 11.3 Å². The molecule has 0 saturated heterocycles. The van der Waals surface area contributed by atoms with E-state index in [0.29, 0.717) is 13.1 Å². The van der Waals surface area contributed by atoms with Crippen LogP contribution in [0.25, 0.3) is 0 Å². The molecule has 0 saturated carbocycles. The van der Waals surface area contributed by atoms with E-state index < -0.39 is 0 Å². The number of amides is 2. The summed E-state index contributed by atoms with van der Waals surface area (Å²) in [6, 6.07) is 14.9. The minimum absolute atomic E-state index is 0.0558. The molecule has 0 radical (unpaired) electrons. The van der Waals surface area contributed by atoms with Gasteiger partial charge in [-0.2, -0.15) is 0 Å². The monoisotopic (exact) mass is 355 g/mol. The quantitative estimate of drug-likeness (QED) is 0.707. The van der Waals surface area contributed by atoms with E-state index in [1.165, 1.54) is 17.2 Å². The van der Waals surface area contributed by atoms with E-state index in [4.69, 9.17) is 4.52 Å². The fourth-order valence-electron chi connectivity index (χ4n) is 2.31. The van der Waals surface area contributed by atoms with Gasteiger partial charge in [-0.1, -0.05) is 41.6 Å². The Labute approximate surface area is 149 Å². The van der Waals surface area contributed by atoms with E-state index in [9.17, 15) is 9.59 Å². The summed E-state index contributed by atoms with van der Waals surface area (Å²) in [5.74, 6) is -0.480. The van der Waals surface area contributed by atoms with E-state index in [1.54, 1.807) is 11.3 Å². The molecule has 0 unspecified atom stereocenters. The van der Waals surface area contributed by atoms with Gasteiger partial charge in [0.05, 0.1) is 12.7 Å². The molecule has 0 aliphatic heterocycles. The average Bonchev–Trinajstić information content (AvgIpc) is 3.33. The van der Waals surface area contributed by atoms with E-state index in [0.717, 1.165) is 10.4 Å². The third kappa shape index (κ3) is 4.77. The van der Waals surface area contributed by atoms with Crippen molar-refractivity contribution in [3.8, 4) is 0 Å². The fourth-order valence-corrected chi connectivity index (χ4v) is 2.96. The lowest BCUT2D eigenvalue weighted by atomic mass is 10.2. The molecule has 0 spiro atoms. The molecule has 2 heterocycles. The van der Waals surface area contributed by atoms with Crippen LogP contribution in [-0.4, -0.2) is 28.4 Å². The summed E-state index contributed by atoms with van der Waals surface area (Å²) in [6.07, 6.45) is 1.41. The van der Waals surface area contributed by atoms with E-state index >= 15 is 0 Å². The Morgan fingerprint density at radius 1 is 1.12 bits per heavy atom. The lowest BCUT2D eigenvalue weighted by Gasteiger charge is -2.21. The predicted octanol–water partition coefficient (Wildman–Crippen LogP) is 2.69. The van der Waals surface area contributed by atoms with Gasteiger partial charge in [-0.3, -0.25) is 9.59 Å². The highest BCUT2D eigenvalue weighted by Gasteiger charge is 2.22. The first kappa shape index (κ1) is 16.9. The van der Waals surface area contributed by atoms with Crippen LogP contribution in [0.1, 0.15) is 21.0 Å². The van der Waals surface area contributed by atoms with Gasteiger partial charge in [0, 0.05) is 17.5 Å². The van der Waals surface area contributed by atoms with Gasteiger partial charge in [0.25, 0.3) is 5.91 Å². The number of carbonyl (C=O) groups is 2. The molecule has 1 aromatic carbocycles. The van der Waals surface area contributed by atoms with Gasteiger partial charge in [0.15, 0.2) is 0 Å². The lowest BCUT2D eigenvalue weighted by molar-refractivity contribution is -0.122. The first-order chi connectivity index (χ1) is 12.2. The molecule has 3 aromatic rings. The molecule has 6 nitrogen and oxygen atoms in total. The molecule has 25 heavy (non-hydrogen) atoms. The van der Waals surface area contributed by atoms with Crippen LogP contribution < -0.4 is 5.32 Å². The molecule has 0 bridgehead atoms. The summed E-state index contributed by atoms with van der Waals surface area (Å²) in [6.45, 7) is 0.707. The third-order valence-electron chi connectivity index (χ3n) is 3.53. The van der Waals surface area contributed by atoms with Crippen molar-refractivity contribution in [2.45, 2.75) is 13.1 Å². The molecule has 0 aliphatic rings. The van der Waals surface area contributed by atoms with E-state index in [1.807, 2.05) is 47.8 Å². The normalized spacial score (nSPS) is 10.4. The molecule has 3 rings (SSSR count). The zero-order chi connectivity index (χ0) is 17.5. The van der Waals surface area contributed by atoms with Crippen molar-refractivity contribution < 1.29 is 14.1 Å². The second-order valence-corrected chi connectivity index (χ2v) is 6.41. The van der Waals surface area contributed by atoms with Crippen LogP contribution in [0, 0.1) is 0 Å². The Balaban J connectivity index is 1.67.